The van der Waals surface area contributed by atoms with Gasteiger partial charge in [0, 0.05) is 10.7 Å². The Balaban J connectivity index is 3.03. The van der Waals surface area contributed by atoms with Crippen LogP contribution in [-0.2, 0) is 4.79 Å². The van der Waals surface area contributed by atoms with Gasteiger partial charge in [-0.05, 0) is 34.5 Å². The van der Waals surface area contributed by atoms with Crippen LogP contribution >= 0.6 is 15.9 Å². The molecule has 0 saturated carbocycles. The fourth-order valence-corrected chi connectivity index (χ4v) is 1.07. The van der Waals surface area contributed by atoms with Crippen molar-refractivity contribution in [3.8, 4) is 0 Å². The second-order valence-electron chi connectivity index (χ2n) is 2.67. The number of hydrogen-bond donors (Lipinski definition) is 2. The summed E-state index contributed by atoms with van der Waals surface area (Å²) >= 11 is 3.26. The molecule has 0 aliphatic carbocycles. The van der Waals surface area contributed by atoms with E-state index in [0.717, 1.165) is 10.0 Å². The molecule has 3 N–H and O–H groups in total. The van der Waals surface area contributed by atoms with E-state index in [-0.39, 0.29) is 0 Å². The highest BCUT2D eigenvalue weighted by molar-refractivity contribution is 9.10. The quantitative estimate of drug-likeness (QED) is 0.821. The first-order valence-electron chi connectivity index (χ1n) is 3.63. The first-order valence-corrected chi connectivity index (χ1v) is 4.42. The molecule has 0 spiro atoms. The molecule has 0 aromatic carbocycles. The predicted molar refractivity (Wildman–Crippen MR) is 51.2 cm³/mol. The Kier molecular flexibility index (Phi) is 3.00. The van der Waals surface area contributed by atoms with E-state index in [1.165, 1.54) is 0 Å². The van der Waals surface area contributed by atoms with Gasteiger partial charge in [-0.15, -0.1) is 0 Å². The molecule has 1 heterocycles. The van der Waals surface area contributed by atoms with E-state index >= 15 is 0 Å². The average Bonchev–Trinajstić information content (AvgIpc) is 2.08. The van der Waals surface area contributed by atoms with Gasteiger partial charge in [0.15, 0.2) is 0 Å². The maximum Gasteiger partial charge on any atom is 0.326 e. The Morgan fingerprint density at radius 3 is 2.85 bits per heavy atom. The van der Waals surface area contributed by atoms with E-state index in [1.807, 2.05) is 6.92 Å². The molecular formula is C8H9BrN2O2. The number of nitrogens with two attached hydrogens (primary N) is 1. The first-order chi connectivity index (χ1) is 6.02. The minimum atomic E-state index is -1.07. The topological polar surface area (TPSA) is 76.2 Å². The molecular weight excluding hydrogens is 236 g/mol. The van der Waals surface area contributed by atoms with Gasteiger partial charge in [-0.3, -0.25) is 9.78 Å². The SMILES string of the molecule is Cc1cc(C(N)C(=O)O)ncc1Br. The largest absolute Gasteiger partial charge is 0.480 e. The number of pyridine rings is 1. The maximum atomic E-state index is 10.5. The van der Waals surface area contributed by atoms with Gasteiger partial charge in [0.05, 0.1) is 5.69 Å². The van der Waals surface area contributed by atoms with E-state index in [4.69, 9.17) is 10.8 Å². The second-order valence-corrected chi connectivity index (χ2v) is 3.53. The molecule has 4 nitrogen and oxygen atoms in total. The van der Waals surface area contributed by atoms with Crippen molar-refractivity contribution in [2.45, 2.75) is 13.0 Å². The Morgan fingerprint density at radius 2 is 2.38 bits per heavy atom. The molecule has 0 aliphatic rings. The first kappa shape index (κ1) is 10.1. The molecule has 1 rings (SSSR count). The number of hydrogen-bond acceptors (Lipinski definition) is 3. The summed E-state index contributed by atoms with van der Waals surface area (Å²) in [7, 11) is 0. The summed E-state index contributed by atoms with van der Waals surface area (Å²) in [6, 6.07) is 0.606. The number of halogens is 1. The second kappa shape index (κ2) is 3.85. The van der Waals surface area contributed by atoms with E-state index in [0.29, 0.717) is 5.69 Å². The summed E-state index contributed by atoms with van der Waals surface area (Å²) < 4.78 is 0.842. The number of rotatable bonds is 2. The van der Waals surface area contributed by atoms with Crippen LogP contribution in [-0.4, -0.2) is 16.1 Å². The van der Waals surface area contributed by atoms with Crippen LogP contribution in [0.25, 0.3) is 0 Å². The van der Waals surface area contributed by atoms with Crippen LogP contribution in [0.1, 0.15) is 17.3 Å². The molecule has 0 radical (unpaired) electrons. The number of nitrogens with zero attached hydrogens (tertiary/aromatic N) is 1. The molecule has 1 aromatic rings. The molecule has 0 bridgehead atoms. The summed E-state index contributed by atoms with van der Waals surface area (Å²) in [6.45, 7) is 1.85. The van der Waals surface area contributed by atoms with Gasteiger partial charge in [0.1, 0.15) is 6.04 Å². The molecule has 0 fully saturated rings. The maximum absolute atomic E-state index is 10.5. The molecule has 1 aromatic heterocycles. The zero-order valence-corrected chi connectivity index (χ0v) is 8.58. The number of carboxylic acids is 1. The lowest BCUT2D eigenvalue weighted by molar-refractivity contribution is -0.138. The van der Waals surface area contributed by atoms with Gasteiger partial charge in [-0.1, -0.05) is 0 Å². The molecule has 0 saturated heterocycles. The van der Waals surface area contributed by atoms with Crippen molar-refractivity contribution < 1.29 is 9.90 Å². The molecule has 1 unspecified atom stereocenters. The van der Waals surface area contributed by atoms with Gasteiger partial charge in [-0.25, -0.2) is 0 Å². The summed E-state index contributed by atoms with van der Waals surface area (Å²) in [6.07, 6.45) is 1.55. The minimum absolute atomic E-state index is 0.369. The third-order valence-corrected chi connectivity index (χ3v) is 2.48. The Bertz CT molecular complexity index is 341. The highest BCUT2D eigenvalue weighted by Gasteiger charge is 2.15. The van der Waals surface area contributed by atoms with Crippen LogP contribution in [0.2, 0.25) is 0 Å². The van der Waals surface area contributed by atoms with E-state index in [1.54, 1.807) is 12.3 Å². The van der Waals surface area contributed by atoms with E-state index in [2.05, 4.69) is 20.9 Å². The normalized spacial score (nSPS) is 12.5. The lowest BCUT2D eigenvalue weighted by Gasteiger charge is -2.06. The molecule has 1 atom stereocenters. The van der Waals surface area contributed by atoms with Crippen molar-refractivity contribution in [2.24, 2.45) is 5.73 Å². The molecule has 0 amide bonds. The van der Waals surface area contributed by atoms with Crippen molar-refractivity contribution in [2.75, 3.05) is 0 Å². The Morgan fingerprint density at radius 1 is 1.77 bits per heavy atom. The lowest BCUT2D eigenvalue weighted by Crippen LogP contribution is -2.21. The van der Waals surface area contributed by atoms with Crippen molar-refractivity contribution in [3.05, 3.63) is 28.0 Å². The van der Waals surface area contributed by atoms with Crippen LogP contribution in [0.5, 0.6) is 0 Å². The van der Waals surface area contributed by atoms with Crippen LogP contribution in [0.4, 0.5) is 0 Å². The third-order valence-electron chi connectivity index (χ3n) is 1.65. The van der Waals surface area contributed by atoms with E-state index in [9.17, 15) is 4.79 Å². The standard InChI is InChI=1S/C8H9BrN2O2/c1-4-2-6(7(10)8(12)13)11-3-5(4)9/h2-3,7H,10H2,1H3,(H,12,13). The highest BCUT2D eigenvalue weighted by atomic mass is 79.9. The Hall–Kier alpha value is -0.940. The summed E-state index contributed by atoms with van der Waals surface area (Å²) in [5.74, 6) is -1.07. The minimum Gasteiger partial charge on any atom is -0.480 e. The summed E-state index contributed by atoms with van der Waals surface area (Å²) in [5, 5.41) is 8.62. The van der Waals surface area contributed by atoms with Crippen molar-refractivity contribution in [1.82, 2.24) is 4.98 Å². The third kappa shape index (κ3) is 2.26. The van der Waals surface area contributed by atoms with Crippen LogP contribution < -0.4 is 5.73 Å². The summed E-state index contributed by atoms with van der Waals surface area (Å²) in [5.41, 5.74) is 6.67. The van der Waals surface area contributed by atoms with Gasteiger partial charge in [0.25, 0.3) is 0 Å². The molecule has 13 heavy (non-hydrogen) atoms. The number of aryl methyl sites for hydroxylation is 1. The van der Waals surface area contributed by atoms with Crippen LogP contribution in [0.15, 0.2) is 16.7 Å². The molecule has 70 valence electrons. The fraction of sp³-hybridized carbons (Fsp3) is 0.250. The number of carbonyl (C=O) groups is 1. The highest BCUT2D eigenvalue weighted by Crippen LogP contribution is 2.17. The van der Waals surface area contributed by atoms with E-state index < -0.39 is 12.0 Å². The molecule has 0 aliphatic heterocycles. The van der Waals surface area contributed by atoms with Crippen LogP contribution in [0.3, 0.4) is 0 Å². The van der Waals surface area contributed by atoms with Gasteiger partial charge >= 0.3 is 5.97 Å². The lowest BCUT2D eigenvalue weighted by atomic mass is 10.1. The zero-order valence-electron chi connectivity index (χ0n) is 6.99. The smallest absolute Gasteiger partial charge is 0.326 e. The summed E-state index contributed by atoms with van der Waals surface area (Å²) in [4.78, 5) is 14.4. The van der Waals surface area contributed by atoms with Gasteiger partial charge in [0.2, 0.25) is 0 Å². The zero-order chi connectivity index (χ0) is 10.0. The number of carboxylic acid groups (broad SMARTS) is 1. The predicted octanol–water partition coefficient (Wildman–Crippen LogP) is 1.24. The van der Waals surface area contributed by atoms with Gasteiger partial charge in [-0.2, -0.15) is 0 Å². The fourth-order valence-electron chi connectivity index (χ4n) is 0.858. The van der Waals surface area contributed by atoms with Crippen LogP contribution in [0, 0.1) is 6.92 Å². The Labute approximate surface area is 83.9 Å². The van der Waals surface area contributed by atoms with Gasteiger partial charge < -0.3 is 10.8 Å². The van der Waals surface area contributed by atoms with Crippen molar-refractivity contribution >= 4 is 21.9 Å². The molecule has 5 heteroatoms. The number of aromatic nitrogens is 1. The van der Waals surface area contributed by atoms with Crippen molar-refractivity contribution in [3.63, 3.8) is 0 Å². The number of aliphatic carboxylic acids is 1. The van der Waals surface area contributed by atoms with Crippen molar-refractivity contribution in [1.29, 1.82) is 0 Å². The average molecular weight is 245 g/mol. The monoisotopic (exact) mass is 244 g/mol.